The van der Waals surface area contributed by atoms with Crippen molar-refractivity contribution in [3.63, 3.8) is 0 Å². The van der Waals surface area contributed by atoms with Crippen LogP contribution in [-0.2, 0) is 11.3 Å². The van der Waals surface area contributed by atoms with E-state index < -0.39 is 6.03 Å². The average Bonchev–Trinajstić information content (AvgIpc) is 2.77. The van der Waals surface area contributed by atoms with Crippen molar-refractivity contribution in [3.8, 4) is 0 Å². The summed E-state index contributed by atoms with van der Waals surface area (Å²) in [5.41, 5.74) is 1.79. The summed E-state index contributed by atoms with van der Waals surface area (Å²) < 4.78 is 0. The topological polar surface area (TPSA) is 49.4 Å². The zero-order valence-electron chi connectivity index (χ0n) is 11.9. The molecule has 4 nitrogen and oxygen atoms in total. The molecule has 3 amide bonds. The van der Waals surface area contributed by atoms with Crippen LogP contribution >= 0.6 is 23.2 Å². The van der Waals surface area contributed by atoms with Gasteiger partial charge in [-0.2, -0.15) is 0 Å². The molecule has 0 spiro atoms. The first-order chi connectivity index (χ1) is 11.0. The molecule has 23 heavy (non-hydrogen) atoms. The molecule has 0 unspecified atom stereocenters. The smallest absolute Gasteiger partial charge is 0.303 e. The van der Waals surface area contributed by atoms with E-state index in [-0.39, 0.29) is 18.1 Å². The summed E-state index contributed by atoms with van der Waals surface area (Å²) in [7, 11) is 0. The summed E-state index contributed by atoms with van der Waals surface area (Å²) in [4.78, 5) is 25.6. The van der Waals surface area contributed by atoms with Crippen LogP contribution in [-0.4, -0.2) is 16.8 Å². The fourth-order valence-corrected chi connectivity index (χ4v) is 2.58. The van der Waals surface area contributed by atoms with Crippen LogP contribution in [0.1, 0.15) is 11.1 Å². The predicted molar refractivity (Wildman–Crippen MR) is 90.0 cm³/mol. The Hall–Kier alpha value is -2.30. The first-order valence-electron chi connectivity index (χ1n) is 6.87. The van der Waals surface area contributed by atoms with Gasteiger partial charge in [0, 0.05) is 10.0 Å². The van der Waals surface area contributed by atoms with Crippen molar-refractivity contribution in [2.24, 2.45) is 0 Å². The third-order valence-electron chi connectivity index (χ3n) is 3.38. The number of hydrogen-bond donors (Lipinski definition) is 1. The Bertz CT molecular complexity index is 800. The molecule has 1 fully saturated rings. The first-order valence-corrected chi connectivity index (χ1v) is 7.63. The molecule has 1 aliphatic heterocycles. The Balaban J connectivity index is 1.81. The molecule has 1 saturated heterocycles. The maximum absolute atomic E-state index is 12.4. The third kappa shape index (κ3) is 3.55. The van der Waals surface area contributed by atoms with Gasteiger partial charge in [-0.05, 0) is 41.5 Å². The van der Waals surface area contributed by atoms with E-state index in [0.717, 1.165) is 16.0 Å². The molecular weight excluding hydrogens is 335 g/mol. The minimum atomic E-state index is -0.446. The van der Waals surface area contributed by atoms with E-state index in [4.69, 9.17) is 23.2 Å². The summed E-state index contributed by atoms with van der Waals surface area (Å²) >= 11 is 11.8. The van der Waals surface area contributed by atoms with Crippen LogP contribution in [0.25, 0.3) is 6.08 Å². The summed E-state index contributed by atoms with van der Waals surface area (Å²) in [5, 5.41) is 3.75. The minimum Gasteiger partial charge on any atom is -0.303 e. The Morgan fingerprint density at radius 3 is 2.43 bits per heavy atom. The van der Waals surface area contributed by atoms with Crippen LogP contribution in [0.3, 0.4) is 0 Å². The predicted octanol–water partition coefficient (Wildman–Crippen LogP) is 4.09. The maximum Gasteiger partial charge on any atom is 0.329 e. The van der Waals surface area contributed by atoms with Crippen molar-refractivity contribution in [3.05, 3.63) is 75.4 Å². The largest absolute Gasteiger partial charge is 0.329 e. The lowest BCUT2D eigenvalue weighted by Gasteiger charge is -2.11. The molecule has 0 atom stereocenters. The van der Waals surface area contributed by atoms with Crippen molar-refractivity contribution in [2.45, 2.75) is 6.54 Å². The second kappa shape index (κ2) is 6.44. The number of rotatable bonds is 3. The van der Waals surface area contributed by atoms with Gasteiger partial charge in [0.1, 0.15) is 5.70 Å². The molecular formula is C17H12Cl2N2O2. The number of benzene rings is 2. The quantitative estimate of drug-likeness (QED) is 0.672. The SMILES string of the molecule is O=C1N/C(=C\c2cccc(Cl)c2)C(=O)N1Cc1ccc(Cl)cc1. The van der Waals surface area contributed by atoms with E-state index in [9.17, 15) is 9.59 Å². The lowest BCUT2D eigenvalue weighted by atomic mass is 10.2. The molecule has 116 valence electrons. The normalized spacial score (nSPS) is 16.1. The molecule has 0 aliphatic carbocycles. The van der Waals surface area contributed by atoms with E-state index in [1.165, 1.54) is 0 Å². The number of urea groups is 1. The van der Waals surface area contributed by atoms with Crippen LogP contribution in [0.2, 0.25) is 10.0 Å². The van der Waals surface area contributed by atoms with E-state index >= 15 is 0 Å². The van der Waals surface area contributed by atoms with Gasteiger partial charge >= 0.3 is 6.03 Å². The summed E-state index contributed by atoms with van der Waals surface area (Å²) in [6, 6.07) is 13.6. The highest BCUT2D eigenvalue weighted by Gasteiger charge is 2.33. The number of nitrogens with one attached hydrogen (secondary N) is 1. The lowest BCUT2D eigenvalue weighted by molar-refractivity contribution is -0.123. The molecule has 1 aliphatic rings. The van der Waals surface area contributed by atoms with Crippen LogP contribution in [0.4, 0.5) is 4.79 Å². The molecule has 0 bridgehead atoms. The number of amides is 3. The number of nitrogens with zero attached hydrogens (tertiary/aromatic N) is 1. The van der Waals surface area contributed by atoms with Gasteiger partial charge in [-0.15, -0.1) is 0 Å². The molecule has 0 saturated carbocycles. The van der Waals surface area contributed by atoms with Crippen molar-refractivity contribution >= 4 is 41.2 Å². The molecule has 6 heteroatoms. The van der Waals surface area contributed by atoms with Crippen LogP contribution in [0.5, 0.6) is 0 Å². The molecule has 1 N–H and O–H groups in total. The number of imide groups is 1. The van der Waals surface area contributed by atoms with E-state index in [2.05, 4.69) is 5.32 Å². The standard InChI is InChI=1S/C17H12Cl2N2O2/c18-13-6-4-11(5-7-13)10-21-16(22)15(20-17(21)23)9-12-2-1-3-14(19)8-12/h1-9H,10H2,(H,20,23)/b15-9-. The Morgan fingerprint density at radius 2 is 1.74 bits per heavy atom. The molecule has 1 heterocycles. The van der Waals surface area contributed by atoms with Gasteiger partial charge < -0.3 is 5.32 Å². The van der Waals surface area contributed by atoms with Crippen molar-refractivity contribution in [1.29, 1.82) is 0 Å². The van der Waals surface area contributed by atoms with Gasteiger partial charge in [0.2, 0.25) is 0 Å². The highest BCUT2D eigenvalue weighted by Crippen LogP contribution is 2.19. The average molecular weight is 347 g/mol. The Kier molecular flexibility index (Phi) is 4.37. The lowest BCUT2D eigenvalue weighted by Crippen LogP contribution is -2.30. The van der Waals surface area contributed by atoms with Crippen molar-refractivity contribution < 1.29 is 9.59 Å². The second-order valence-electron chi connectivity index (χ2n) is 5.06. The van der Waals surface area contributed by atoms with Crippen LogP contribution < -0.4 is 5.32 Å². The third-order valence-corrected chi connectivity index (χ3v) is 3.86. The van der Waals surface area contributed by atoms with Crippen molar-refractivity contribution in [1.82, 2.24) is 10.2 Å². The molecule has 2 aromatic carbocycles. The molecule has 0 aromatic heterocycles. The van der Waals surface area contributed by atoms with Gasteiger partial charge in [0.05, 0.1) is 6.54 Å². The van der Waals surface area contributed by atoms with E-state index in [0.29, 0.717) is 10.0 Å². The van der Waals surface area contributed by atoms with Gasteiger partial charge in [-0.1, -0.05) is 47.5 Å². The van der Waals surface area contributed by atoms with Gasteiger partial charge in [0.15, 0.2) is 0 Å². The number of halogens is 2. The highest BCUT2D eigenvalue weighted by atomic mass is 35.5. The summed E-state index contributed by atoms with van der Waals surface area (Å²) in [6.45, 7) is 0.189. The number of carbonyl (C=O) groups is 2. The highest BCUT2D eigenvalue weighted by molar-refractivity contribution is 6.31. The Morgan fingerprint density at radius 1 is 1.00 bits per heavy atom. The fraction of sp³-hybridized carbons (Fsp3) is 0.0588. The van der Waals surface area contributed by atoms with Gasteiger partial charge in [-0.25, -0.2) is 4.79 Å². The summed E-state index contributed by atoms with van der Waals surface area (Å²) in [5.74, 6) is -0.370. The van der Waals surface area contributed by atoms with Gasteiger partial charge in [-0.3, -0.25) is 9.69 Å². The zero-order valence-corrected chi connectivity index (χ0v) is 13.4. The number of carbonyl (C=O) groups excluding carboxylic acids is 2. The molecule has 2 aromatic rings. The first kappa shape index (κ1) is 15.6. The summed E-state index contributed by atoms with van der Waals surface area (Å²) in [6.07, 6.45) is 1.61. The zero-order chi connectivity index (χ0) is 16.4. The monoisotopic (exact) mass is 346 g/mol. The minimum absolute atomic E-state index is 0.189. The van der Waals surface area contributed by atoms with Crippen molar-refractivity contribution in [2.75, 3.05) is 0 Å². The maximum atomic E-state index is 12.4. The fourth-order valence-electron chi connectivity index (χ4n) is 2.25. The van der Waals surface area contributed by atoms with Crippen LogP contribution in [0.15, 0.2) is 54.2 Å². The van der Waals surface area contributed by atoms with Gasteiger partial charge in [0.25, 0.3) is 5.91 Å². The molecule has 0 radical (unpaired) electrons. The second-order valence-corrected chi connectivity index (χ2v) is 5.93. The van der Waals surface area contributed by atoms with E-state index in [1.54, 1.807) is 54.6 Å². The molecule has 3 rings (SSSR count). The Labute approximate surface area is 143 Å². The number of hydrogen-bond acceptors (Lipinski definition) is 2. The van der Waals surface area contributed by atoms with E-state index in [1.807, 2.05) is 0 Å². The van der Waals surface area contributed by atoms with Crippen LogP contribution in [0, 0.1) is 0 Å².